The van der Waals surface area contributed by atoms with Gasteiger partial charge in [0.2, 0.25) is 0 Å². The van der Waals surface area contributed by atoms with Gasteiger partial charge in [-0.2, -0.15) is 0 Å². The first kappa shape index (κ1) is 19.6. The lowest BCUT2D eigenvalue weighted by Gasteiger charge is -2.42. The molecule has 0 aromatic heterocycles. The minimum Gasteiger partial charge on any atom is -0.507 e. The van der Waals surface area contributed by atoms with Crippen LogP contribution in [0.25, 0.3) is 0 Å². The summed E-state index contributed by atoms with van der Waals surface area (Å²) < 4.78 is 10.6. The molecule has 0 unspecified atom stereocenters. The Hall–Kier alpha value is -2.18. The molecular weight excluding hydrogens is 393 g/mol. The molecule has 1 saturated heterocycles. The molecule has 3 rings (SSSR count). The molecular formula is C19H19Cl2NO5. The number of amides is 2. The number of fused-ring (bicyclic) bond motifs is 1. The second-order valence-electron chi connectivity index (χ2n) is 6.49. The second-order valence-corrected chi connectivity index (χ2v) is 7.73. The molecule has 2 amide bonds. The third kappa shape index (κ3) is 2.39. The number of carbonyl (C=O) groups is 2. The summed E-state index contributed by atoms with van der Waals surface area (Å²) in [5, 5.41) is 10.7. The maximum absolute atomic E-state index is 13.0. The summed E-state index contributed by atoms with van der Waals surface area (Å²) in [6.45, 7) is 3.78. The smallest absolute Gasteiger partial charge is 0.253 e. The third-order valence-corrected chi connectivity index (χ3v) is 6.67. The highest BCUT2D eigenvalue weighted by Gasteiger charge is 2.72. The van der Waals surface area contributed by atoms with Crippen molar-refractivity contribution in [1.82, 2.24) is 4.90 Å². The van der Waals surface area contributed by atoms with E-state index >= 15 is 0 Å². The van der Waals surface area contributed by atoms with Crippen LogP contribution in [0.5, 0.6) is 17.2 Å². The Morgan fingerprint density at radius 3 is 2.48 bits per heavy atom. The Morgan fingerprint density at radius 1 is 1.26 bits per heavy atom. The van der Waals surface area contributed by atoms with E-state index in [1.54, 1.807) is 12.1 Å². The number of alkyl halides is 2. The first-order chi connectivity index (χ1) is 12.7. The maximum Gasteiger partial charge on any atom is 0.253 e. The predicted octanol–water partition coefficient (Wildman–Crippen LogP) is 2.96. The van der Waals surface area contributed by atoms with E-state index < -0.39 is 27.5 Å². The lowest BCUT2D eigenvalue weighted by molar-refractivity contribution is -0.137. The molecule has 27 heavy (non-hydrogen) atoms. The van der Waals surface area contributed by atoms with Crippen LogP contribution >= 0.6 is 23.2 Å². The first-order valence-corrected chi connectivity index (χ1v) is 8.90. The summed E-state index contributed by atoms with van der Waals surface area (Å²) in [6, 6.07) is 2.94. The van der Waals surface area contributed by atoms with Crippen LogP contribution in [0.4, 0.5) is 0 Å². The van der Waals surface area contributed by atoms with Crippen molar-refractivity contribution in [3.63, 3.8) is 0 Å². The molecule has 144 valence electrons. The zero-order valence-corrected chi connectivity index (χ0v) is 16.6. The molecule has 1 aromatic rings. The third-order valence-electron chi connectivity index (χ3n) is 5.26. The number of halogens is 2. The van der Waals surface area contributed by atoms with E-state index in [1.807, 2.05) is 0 Å². The van der Waals surface area contributed by atoms with Crippen LogP contribution in [0.2, 0.25) is 0 Å². The van der Waals surface area contributed by atoms with E-state index in [1.165, 1.54) is 33.4 Å². The number of imide groups is 1. The summed E-state index contributed by atoms with van der Waals surface area (Å²) in [4.78, 5) is 23.1. The van der Waals surface area contributed by atoms with Gasteiger partial charge in [0.05, 0.1) is 14.2 Å². The molecule has 2 aliphatic rings. The zero-order chi connectivity index (χ0) is 20.1. The van der Waals surface area contributed by atoms with E-state index in [9.17, 15) is 14.7 Å². The van der Waals surface area contributed by atoms with E-state index in [0.29, 0.717) is 11.3 Å². The van der Waals surface area contributed by atoms with E-state index in [-0.39, 0.29) is 23.5 Å². The molecule has 1 aliphatic carbocycles. The lowest BCUT2D eigenvalue weighted by atomic mass is 9.68. The molecule has 1 aromatic carbocycles. The van der Waals surface area contributed by atoms with Crippen molar-refractivity contribution in [3.05, 3.63) is 42.0 Å². The van der Waals surface area contributed by atoms with Crippen molar-refractivity contribution in [2.45, 2.75) is 22.1 Å². The summed E-state index contributed by atoms with van der Waals surface area (Å²) in [6.07, 6.45) is 3.30. The van der Waals surface area contributed by atoms with Gasteiger partial charge in [-0.05, 0) is 12.0 Å². The van der Waals surface area contributed by atoms with Crippen LogP contribution < -0.4 is 9.47 Å². The fourth-order valence-corrected chi connectivity index (χ4v) is 4.77. The Labute approximate surface area is 166 Å². The highest BCUT2D eigenvalue weighted by molar-refractivity contribution is 6.53. The highest BCUT2D eigenvalue weighted by Crippen LogP contribution is 2.61. The highest BCUT2D eigenvalue weighted by atomic mass is 35.5. The molecule has 1 fully saturated rings. The Morgan fingerprint density at radius 2 is 1.93 bits per heavy atom. The van der Waals surface area contributed by atoms with Gasteiger partial charge in [-0.1, -0.05) is 18.7 Å². The van der Waals surface area contributed by atoms with Crippen molar-refractivity contribution in [2.75, 3.05) is 21.3 Å². The number of aromatic hydroxyl groups is 1. The number of hydrogen-bond donors (Lipinski definition) is 1. The fourth-order valence-electron chi connectivity index (χ4n) is 3.85. The normalized spacial score (nSPS) is 30.0. The Balaban J connectivity index is 2.35. The molecule has 1 N–H and O–H groups in total. The SMILES string of the molecule is C=CC1=CC[C@@]2(Cl)C(=O)N(C)C(=O)[C@@]2(Cl)[C@H]1c1c(O)cc(OC)cc1OC. The molecule has 0 saturated carbocycles. The molecule has 1 heterocycles. The van der Waals surface area contributed by atoms with Crippen molar-refractivity contribution in [1.29, 1.82) is 0 Å². The minimum absolute atomic E-state index is 0.0596. The number of allylic oxidation sites excluding steroid dienone is 3. The monoisotopic (exact) mass is 411 g/mol. The van der Waals surface area contributed by atoms with Gasteiger partial charge in [0.25, 0.3) is 11.8 Å². The van der Waals surface area contributed by atoms with Gasteiger partial charge < -0.3 is 14.6 Å². The van der Waals surface area contributed by atoms with Gasteiger partial charge in [-0.15, -0.1) is 23.2 Å². The van der Waals surface area contributed by atoms with Gasteiger partial charge in [0, 0.05) is 30.7 Å². The van der Waals surface area contributed by atoms with Crippen molar-refractivity contribution in [3.8, 4) is 17.2 Å². The number of nitrogens with zero attached hydrogens (tertiary/aromatic N) is 1. The largest absolute Gasteiger partial charge is 0.507 e. The number of likely N-dealkylation sites (tertiary alicyclic amines) is 1. The van der Waals surface area contributed by atoms with E-state index in [0.717, 1.165) is 4.90 Å². The Kier molecular flexibility index (Phi) is 4.68. The average molecular weight is 412 g/mol. The number of carbonyl (C=O) groups excluding carboxylic acids is 2. The van der Waals surface area contributed by atoms with Gasteiger partial charge in [0.15, 0.2) is 9.75 Å². The summed E-state index contributed by atoms with van der Waals surface area (Å²) >= 11 is 13.5. The van der Waals surface area contributed by atoms with Crippen LogP contribution in [0.3, 0.4) is 0 Å². The average Bonchev–Trinajstić information content (AvgIpc) is 2.79. The summed E-state index contributed by atoms with van der Waals surface area (Å²) in [7, 11) is 4.21. The number of hydrogen-bond acceptors (Lipinski definition) is 5. The van der Waals surface area contributed by atoms with Gasteiger partial charge in [-0.3, -0.25) is 14.5 Å². The minimum atomic E-state index is -1.85. The zero-order valence-electron chi connectivity index (χ0n) is 15.1. The second kappa shape index (κ2) is 6.46. The number of phenols is 1. The van der Waals surface area contributed by atoms with Gasteiger partial charge >= 0.3 is 0 Å². The molecule has 0 radical (unpaired) electrons. The molecule has 0 spiro atoms. The quantitative estimate of drug-likeness (QED) is 0.608. The number of methoxy groups -OCH3 is 2. The standard InChI is InChI=1S/C19H19Cl2NO5/c1-5-10-6-7-18(20)16(24)22(2)17(25)19(18,21)15(10)14-12(23)8-11(26-3)9-13(14)27-4/h5-6,8-9,15,23H,1,7H2,2-4H3/t15-,18-,19+/m1/s1. The number of phenolic OH excluding ortho intramolecular Hbond substituents is 1. The van der Waals surface area contributed by atoms with Crippen LogP contribution in [-0.2, 0) is 9.59 Å². The number of benzene rings is 1. The van der Waals surface area contributed by atoms with Crippen molar-refractivity contribution in [2.24, 2.45) is 0 Å². The summed E-state index contributed by atoms with van der Waals surface area (Å²) in [5.41, 5.74) is 0.803. The van der Waals surface area contributed by atoms with E-state index in [4.69, 9.17) is 32.7 Å². The fraction of sp³-hybridized carbons (Fsp3) is 0.368. The van der Waals surface area contributed by atoms with Crippen LogP contribution in [0, 0.1) is 0 Å². The maximum atomic E-state index is 13.0. The van der Waals surface area contributed by atoms with Gasteiger partial charge in [-0.25, -0.2) is 0 Å². The lowest BCUT2D eigenvalue weighted by Crippen LogP contribution is -2.55. The van der Waals surface area contributed by atoms with Crippen LogP contribution in [0.1, 0.15) is 17.9 Å². The molecule has 1 aliphatic heterocycles. The van der Waals surface area contributed by atoms with Crippen molar-refractivity contribution >= 4 is 35.0 Å². The van der Waals surface area contributed by atoms with Gasteiger partial charge in [0.1, 0.15) is 17.2 Å². The summed E-state index contributed by atoms with van der Waals surface area (Å²) in [5.74, 6) is -1.76. The van der Waals surface area contributed by atoms with Crippen LogP contribution in [-0.4, -0.2) is 52.8 Å². The number of ether oxygens (including phenoxy) is 2. The van der Waals surface area contributed by atoms with E-state index in [2.05, 4.69) is 6.58 Å². The molecule has 0 bridgehead atoms. The topological polar surface area (TPSA) is 76.1 Å². The van der Waals surface area contributed by atoms with Crippen molar-refractivity contribution < 1.29 is 24.2 Å². The molecule has 3 atom stereocenters. The molecule has 6 nitrogen and oxygen atoms in total. The molecule has 8 heteroatoms. The Bertz CT molecular complexity index is 883. The predicted molar refractivity (Wildman–Crippen MR) is 102 cm³/mol. The first-order valence-electron chi connectivity index (χ1n) is 8.15. The van der Waals surface area contributed by atoms with Crippen LogP contribution in [0.15, 0.2) is 36.4 Å². The number of rotatable bonds is 4.